The van der Waals surface area contributed by atoms with Crippen LogP contribution >= 0.6 is 0 Å². The molecule has 0 aromatic carbocycles. The number of carbonyl (C=O) groups is 4. The molecule has 0 fully saturated rings. The topological polar surface area (TPSA) is 159 Å². The summed E-state index contributed by atoms with van der Waals surface area (Å²) in [5.41, 5.74) is 5.73. The van der Waals surface area contributed by atoms with Gasteiger partial charge in [0, 0.05) is 0 Å². The lowest BCUT2D eigenvalue weighted by atomic mass is 10.0. The highest BCUT2D eigenvalue weighted by molar-refractivity contribution is 5.93. The summed E-state index contributed by atoms with van der Waals surface area (Å²) in [4.78, 5) is 46.5. The first-order valence-electron chi connectivity index (χ1n) is 8.24. The molecule has 2 amide bonds. The second kappa shape index (κ2) is 10.7. The maximum absolute atomic E-state index is 12.3. The molecular formula is C16H29N3O6. The van der Waals surface area contributed by atoms with Crippen LogP contribution < -0.4 is 16.4 Å². The minimum absolute atomic E-state index is 0.00776. The highest BCUT2D eigenvalue weighted by Gasteiger charge is 2.30. The number of carbonyl (C=O) groups excluding carboxylic acids is 2. The number of rotatable bonds is 11. The fourth-order valence-electron chi connectivity index (χ4n) is 2.24. The van der Waals surface area contributed by atoms with Gasteiger partial charge in [0.15, 0.2) is 0 Å². The lowest BCUT2D eigenvalue weighted by Gasteiger charge is -2.23. The van der Waals surface area contributed by atoms with Crippen LogP contribution in [0.25, 0.3) is 0 Å². The Labute approximate surface area is 147 Å². The summed E-state index contributed by atoms with van der Waals surface area (Å²) in [7, 11) is 0. The predicted molar refractivity (Wildman–Crippen MR) is 90.6 cm³/mol. The predicted octanol–water partition coefficient (Wildman–Crippen LogP) is -0.0652. The van der Waals surface area contributed by atoms with E-state index in [9.17, 15) is 19.2 Å². The van der Waals surface area contributed by atoms with Crippen LogP contribution in [0.15, 0.2) is 0 Å². The maximum Gasteiger partial charge on any atom is 0.326 e. The van der Waals surface area contributed by atoms with E-state index in [2.05, 4.69) is 10.6 Å². The number of nitrogens with one attached hydrogen (secondary N) is 2. The summed E-state index contributed by atoms with van der Waals surface area (Å²) in [6.45, 7) is 7.34. The lowest BCUT2D eigenvalue weighted by Crippen LogP contribution is -2.55. The fraction of sp³-hybridized carbons (Fsp3) is 0.750. The van der Waals surface area contributed by atoms with E-state index in [1.165, 1.54) is 0 Å². The molecule has 0 heterocycles. The van der Waals surface area contributed by atoms with Gasteiger partial charge in [0.25, 0.3) is 0 Å². The minimum atomic E-state index is -1.39. The number of amides is 2. The summed E-state index contributed by atoms with van der Waals surface area (Å²) >= 11 is 0. The van der Waals surface area contributed by atoms with E-state index in [1.54, 1.807) is 13.8 Å². The van der Waals surface area contributed by atoms with Crippen LogP contribution in [0.4, 0.5) is 0 Å². The zero-order chi connectivity index (χ0) is 19.7. The van der Waals surface area contributed by atoms with E-state index in [0.717, 1.165) is 0 Å². The molecule has 0 rings (SSSR count). The Morgan fingerprint density at radius 2 is 1.32 bits per heavy atom. The van der Waals surface area contributed by atoms with Gasteiger partial charge in [-0.25, -0.2) is 4.79 Å². The van der Waals surface area contributed by atoms with Gasteiger partial charge in [-0.05, 0) is 24.7 Å². The van der Waals surface area contributed by atoms with Gasteiger partial charge in [0.05, 0.1) is 12.5 Å². The molecule has 0 aromatic rings. The van der Waals surface area contributed by atoms with Crippen molar-refractivity contribution in [2.75, 3.05) is 0 Å². The van der Waals surface area contributed by atoms with Crippen molar-refractivity contribution in [3.63, 3.8) is 0 Å². The molecule has 0 aliphatic carbocycles. The molecule has 9 heteroatoms. The first-order chi connectivity index (χ1) is 11.4. The third-order valence-corrected chi connectivity index (χ3v) is 3.40. The molecule has 0 aliphatic heterocycles. The molecule has 0 saturated carbocycles. The molecule has 9 nitrogen and oxygen atoms in total. The number of carboxylic acids is 2. The Morgan fingerprint density at radius 3 is 1.72 bits per heavy atom. The van der Waals surface area contributed by atoms with Gasteiger partial charge >= 0.3 is 11.9 Å². The average Bonchev–Trinajstić information content (AvgIpc) is 2.43. The molecule has 0 aromatic heterocycles. The third kappa shape index (κ3) is 9.65. The number of aliphatic carboxylic acids is 2. The fourth-order valence-corrected chi connectivity index (χ4v) is 2.24. The Balaban J connectivity index is 5.05. The van der Waals surface area contributed by atoms with E-state index >= 15 is 0 Å². The van der Waals surface area contributed by atoms with E-state index in [0.29, 0.717) is 6.42 Å². The molecule has 0 aliphatic rings. The largest absolute Gasteiger partial charge is 0.481 e. The third-order valence-electron chi connectivity index (χ3n) is 3.40. The van der Waals surface area contributed by atoms with Crippen molar-refractivity contribution in [1.29, 1.82) is 0 Å². The maximum atomic E-state index is 12.3. The molecule has 144 valence electrons. The highest BCUT2D eigenvalue weighted by atomic mass is 16.4. The monoisotopic (exact) mass is 359 g/mol. The van der Waals surface area contributed by atoms with Gasteiger partial charge in [-0.3, -0.25) is 14.4 Å². The van der Waals surface area contributed by atoms with E-state index in [4.69, 9.17) is 15.9 Å². The van der Waals surface area contributed by atoms with Gasteiger partial charge in [-0.2, -0.15) is 0 Å². The quantitative estimate of drug-likeness (QED) is 0.345. The smallest absolute Gasteiger partial charge is 0.326 e. The Morgan fingerprint density at radius 1 is 0.840 bits per heavy atom. The van der Waals surface area contributed by atoms with Crippen molar-refractivity contribution in [3.05, 3.63) is 0 Å². The van der Waals surface area contributed by atoms with Crippen LogP contribution in [0, 0.1) is 11.8 Å². The van der Waals surface area contributed by atoms with Gasteiger partial charge in [0.2, 0.25) is 11.8 Å². The van der Waals surface area contributed by atoms with E-state index < -0.39 is 48.3 Å². The summed E-state index contributed by atoms with van der Waals surface area (Å²) in [5, 5.41) is 22.7. The molecule has 6 N–H and O–H groups in total. The van der Waals surface area contributed by atoms with Crippen LogP contribution in [-0.4, -0.2) is 52.1 Å². The summed E-state index contributed by atoms with van der Waals surface area (Å²) in [5.74, 6) is -3.87. The SMILES string of the molecule is CC(C)CC(N)C(=O)NC(CC(=O)O)C(=O)NC(CC(C)C)C(=O)O. The van der Waals surface area contributed by atoms with Crippen LogP contribution in [0.3, 0.4) is 0 Å². The molecule has 0 bridgehead atoms. The van der Waals surface area contributed by atoms with E-state index in [-0.39, 0.29) is 18.3 Å². The van der Waals surface area contributed by atoms with E-state index in [1.807, 2.05) is 13.8 Å². The Hall–Kier alpha value is -2.16. The number of nitrogens with two attached hydrogens (primary N) is 1. The minimum Gasteiger partial charge on any atom is -0.481 e. The number of hydrogen-bond donors (Lipinski definition) is 5. The lowest BCUT2D eigenvalue weighted by molar-refractivity contribution is -0.143. The van der Waals surface area contributed by atoms with Gasteiger partial charge in [-0.1, -0.05) is 27.7 Å². The normalized spacial score (nSPS) is 14.7. The van der Waals surface area contributed by atoms with Crippen LogP contribution in [0.1, 0.15) is 47.0 Å². The zero-order valence-corrected chi connectivity index (χ0v) is 15.1. The number of hydrogen-bond acceptors (Lipinski definition) is 5. The van der Waals surface area contributed by atoms with Gasteiger partial charge in [-0.15, -0.1) is 0 Å². The summed E-state index contributed by atoms with van der Waals surface area (Å²) < 4.78 is 0. The Kier molecular flexibility index (Phi) is 9.73. The average molecular weight is 359 g/mol. The first kappa shape index (κ1) is 22.8. The summed E-state index contributed by atoms with van der Waals surface area (Å²) in [6, 6.07) is -3.43. The van der Waals surface area contributed by atoms with Crippen molar-refractivity contribution in [1.82, 2.24) is 10.6 Å². The van der Waals surface area contributed by atoms with Crippen molar-refractivity contribution >= 4 is 23.8 Å². The summed E-state index contributed by atoms with van der Waals surface area (Å²) in [6.07, 6.45) is -0.111. The van der Waals surface area contributed by atoms with Crippen LogP contribution in [-0.2, 0) is 19.2 Å². The molecule has 3 unspecified atom stereocenters. The van der Waals surface area contributed by atoms with Crippen LogP contribution in [0.5, 0.6) is 0 Å². The molecule has 0 radical (unpaired) electrons. The van der Waals surface area contributed by atoms with Crippen molar-refractivity contribution < 1.29 is 29.4 Å². The molecule has 25 heavy (non-hydrogen) atoms. The molecule has 0 spiro atoms. The Bertz CT molecular complexity index is 492. The second-order valence-electron chi connectivity index (χ2n) is 6.92. The van der Waals surface area contributed by atoms with Gasteiger partial charge < -0.3 is 26.6 Å². The molecule has 3 atom stereocenters. The molecular weight excluding hydrogens is 330 g/mol. The zero-order valence-electron chi connectivity index (χ0n) is 15.1. The van der Waals surface area contributed by atoms with Crippen molar-refractivity contribution in [3.8, 4) is 0 Å². The van der Waals surface area contributed by atoms with Crippen LogP contribution in [0.2, 0.25) is 0 Å². The molecule has 0 saturated heterocycles. The highest BCUT2D eigenvalue weighted by Crippen LogP contribution is 2.07. The number of carboxylic acid groups (broad SMARTS) is 2. The van der Waals surface area contributed by atoms with Crippen molar-refractivity contribution in [2.45, 2.75) is 65.1 Å². The van der Waals surface area contributed by atoms with Crippen molar-refractivity contribution in [2.24, 2.45) is 17.6 Å². The standard InChI is InChI=1S/C16H29N3O6/c1-8(2)5-10(17)14(22)18-11(7-13(20)21)15(23)19-12(16(24)25)6-9(3)4/h8-12H,5-7,17H2,1-4H3,(H,18,22)(H,19,23)(H,20,21)(H,24,25). The first-order valence-corrected chi connectivity index (χ1v) is 8.24. The second-order valence-corrected chi connectivity index (χ2v) is 6.92. The van der Waals surface area contributed by atoms with Gasteiger partial charge in [0.1, 0.15) is 12.1 Å².